The van der Waals surface area contributed by atoms with Gasteiger partial charge in [-0.3, -0.25) is 18.7 Å². The Morgan fingerprint density at radius 2 is 1.73 bits per heavy atom. The number of ketones is 1. The van der Waals surface area contributed by atoms with Crippen LogP contribution in [0.1, 0.15) is 27.3 Å². The monoisotopic (exact) mass is 405 g/mol. The van der Waals surface area contributed by atoms with Crippen molar-refractivity contribution in [3.05, 3.63) is 86.1 Å². The third-order valence-corrected chi connectivity index (χ3v) is 5.59. The largest absolute Gasteiger partial charge is 0.344 e. The van der Waals surface area contributed by atoms with E-state index in [4.69, 9.17) is 0 Å². The minimum Gasteiger partial charge on any atom is -0.344 e. The standard InChI is InChI=1S/C22H23N5O3/c1-14-10-17(15(2)27(14)11-16-8-6-5-7-9-16)18(28)12-26-13-23-20-19(26)21(29)25(4)22(30)24(20)3/h5-10,13H,11-12H2,1-4H3. The molecule has 0 unspecified atom stereocenters. The molecule has 4 aromatic rings. The van der Waals surface area contributed by atoms with Gasteiger partial charge in [0.05, 0.1) is 12.9 Å². The Hall–Kier alpha value is -3.68. The lowest BCUT2D eigenvalue weighted by Gasteiger charge is -2.10. The van der Waals surface area contributed by atoms with E-state index in [1.54, 1.807) is 7.05 Å². The van der Waals surface area contributed by atoms with Gasteiger partial charge >= 0.3 is 5.69 Å². The van der Waals surface area contributed by atoms with Gasteiger partial charge in [-0.2, -0.15) is 0 Å². The van der Waals surface area contributed by atoms with Gasteiger partial charge in [0.15, 0.2) is 16.9 Å². The Balaban J connectivity index is 1.70. The average Bonchev–Trinajstić information content (AvgIpc) is 3.27. The van der Waals surface area contributed by atoms with Crippen LogP contribution in [0.4, 0.5) is 0 Å². The van der Waals surface area contributed by atoms with E-state index in [2.05, 4.69) is 21.7 Å². The molecular formula is C22H23N5O3. The molecule has 0 saturated heterocycles. The van der Waals surface area contributed by atoms with Crippen LogP contribution in [0.25, 0.3) is 11.2 Å². The first-order valence-corrected chi connectivity index (χ1v) is 9.64. The molecule has 0 fully saturated rings. The zero-order valence-corrected chi connectivity index (χ0v) is 17.4. The number of Topliss-reactive ketones (excluding diaryl/α,β-unsaturated/α-hetero) is 1. The second-order valence-corrected chi connectivity index (χ2v) is 7.53. The van der Waals surface area contributed by atoms with E-state index in [0.29, 0.717) is 12.1 Å². The van der Waals surface area contributed by atoms with E-state index in [1.807, 2.05) is 38.1 Å². The molecule has 0 amide bonds. The molecule has 154 valence electrons. The Morgan fingerprint density at radius 3 is 2.43 bits per heavy atom. The van der Waals surface area contributed by atoms with Gasteiger partial charge in [-0.15, -0.1) is 0 Å². The normalized spacial score (nSPS) is 11.3. The second-order valence-electron chi connectivity index (χ2n) is 7.53. The van der Waals surface area contributed by atoms with Crippen molar-refractivity contribution in [2.45, 2.75) is 26.9 Å². The molecule has 3 heterocycles. The van der Waals surface area contributed by atoms with Gasteiger partial charge in [0, 0.05) is 37.6 Å². The lowest BCUT2D eigenvalue weighted by Crippen LogP contribution is -2.37. The molecule has 0 aliphatic rings. The summed E-state index contributed by atoms with van der Waals surface area (Å²) in [5.41, 5.74) is 3.24. The molecule has 30 heavy (non-hydrogen) atoms. The average molecular weight is 405 g/mol. The van der Waals surface area contributed by atoms with Gasteiger partial charge in [-0.25, -0.2) is 9.78 Å². The number of imidazole rings is 1. The lowest BCUT2D eigenvalue weighted by molar-refractivity contribution is 0.0972. The zero-order valence-electron chi connectivity index (χ0n) is 17.4. The highest BCUT2D eigenvalue weighted by molar-refractivity contribution is 5.98. The van der Waals surface area contributed by atoms with E-state index < -0.39 is 11.2 Å². The fraction of sp³-hybridized carbons (Fsp3) is 0.273. The minimum atomic E-state index is -0.465. The fourth-order valence-electron chi connectivity index (χ4n) is 3.85. The molecule has 8 heteroatoms. The highest BCUT2D eigenvalue weighted by atomic mass is 16.2. The summed E-state index contributed by atoms with van der Waals surface area (Å²) < 4.78 is 5.96. The number of fused-ring (bicyclic) bond motifs is 1. The van der Waals surface area contributed by atoms with Crippen molar-refractivity contribution in [3.63, 3.8) is 0 Å². The molecule has 1 aromatic carbocycles. The first kappa shape index (κ1) is 19.6. The van der Waals surface area contributed by atoms with Crippen LogP contribution in [-0.4, -0.2) is 29.0 Å². The number of aromatic nitrogens is 5. The summed E-state index contributed by atoms with van der Waals surface area (Å²) >= 11 is 0. The second kappa shape index (κ2) is 7.29. The molecule has 0 aliphatic carbocycles. The third kappa shape index (κ3) is 3.10. The smallest absolute Gasteiger partial charge is 0.332 e. The number of nitrogens with zero attached hydrogens (tertiary/aromatic N) is 5. The highest BCUT2D eigenvalue weighted by Gasteiger charge is 2.20. The van der Waals surface area contributed by atoms with Crippen molar-refractivity contribution in [2.24, 2.45) is 14.1 Å². The van der Waals surface area contributed by atoms with Crippen LogP contribution >= 0.6 is 0 Å². The fourth-order valence-corrected chi connectivity index (χ4v) is 3.85. The molecule has 0 radical (unpaired) electrons. The number of hydrogen-bond acceptors (Lipinski definition) is 4. The molecule has 0 spiro atoms. The quantitative estimate of drug-likeness (QED) is 0.474. The first-order chi connectivity index (χ1) is 14.3. The molecule has 3 aromatic heterocycles. The van der Waals surface area contributed by atoms with Gasteiger partial charge in [-0.1, -0.05) is 30.3 Å². The van der Waals surface area contributed by atoms with E-state index in [1.165, 1.54) is 22.5 Å². The van der Waals surface area contributed by atoms with E-state index in [0.717, 1.165) is 21.5 Å². The number of hydrogen-bond donors (Lipinski definition) is 0. The van der Waals surface area contributed by atoms with Crippen LogP contribution < -0.4 is 11.2 Å². The first-order valence-electron chi connectivity index (χ1n) is 9.64. The molecule has 8 nitrogen and oxygen atoms in total. The molecule has 0 N–H and O–H groups in total. The maximum atomic E-state index is 13.1. The maximum absolute atomic E-state index is 13.1. The van der Waals surface area contributed by atoms with Crippen LogP contribution in [-0.2, 0) is 27.2 Å². The number of carbonyl (C=O) groups excluding carboxylic acids is 1. The highest BCUT2D eigenvalue weighted by Crippen LogP contribution is 2.19. The topological polar surface area (TPSA) is 83.8 Å². The molecule has 4 rings (SSSR count). The molecular weight excluding hydrogens is 382 g/mol. The summed E-state index contributed by atoms with van der Waals surface area (Å²) in [6, 6.07) is 12.0. The van der Waals surface area contributed by atoms with Crippen LogP contribution in [0.3, 0.4) is 0 Å². The van der Waals surface area contributed by atoms with Gasteiger partial charge in [0.25, 0.3) is 5.56 Å². The number of aryl methyl sites for hydroxylation is 2. The summed E-state index contributed by atoms with van der Waals surface area (Å²) in [5.74, 6) is -0.113. The van der Waals surface area contributed by atoms with E-state index >= 15 is 0 Å². The molecule has 0 atom stereocenters. The predicted octanol–water partition coefficient (Wildman–Crippen LogP) is 1.78. The van der Waals surface area contributed by atoms with Gasteiger partial charge < -0.3 is 9.13 Å². The van der Waals surface area contributed by atoms with Crippen LogP contribution in [0.2, 0.25) is 0 Å². The predicted molar refractivity (Wildman–Crippen MR) is 114 cm³/mol. The number of benzene rings is 1. The third-order valence-electron chi connectivity index (χ3n) is 5.59. The Morgan fingerprint density at radius 1 is 1.03 bits per heavy atom. The molecule has 0 bridgehead atoms. The number of carbonyl (C=O) groups is 1. The molecule has 0 saturated carbocycles. The Kier molecular flexibility index (Phi) is 4.77. The van der Waals surface area contributed by atoms with Crippen molar-refractivity contribution < 1.29 is 4.79 Å². The summed E-state index contributed by atoms with van der Waals surface area (Å²) in [6.45, 7) is 4.56. The SMILES string of the molecule is Cc1cc(C(=O)Cn2cnc3c2c(=O)n(C)c(=O)n3C)c(C)n1Cc1ccccc1. The number of rotatable bonds is 5. The molecule has 0 aliphatic heterocycles. The zero-order chi connectivity index (χ0) is 21.6. The lowest BCUT2D eigenvalue weighted by atomic mass is 10.1. The van der Waals surface area contributed by atoms with E-state index in [-0.39, 0.29) is 23.5 Å². The van der Waals surface area contributed by atoms with Gasteiger partial charge in [0.1, 0.15) is 0 Å². The van der Waals surface area contributed by atoms with Gasteiger partial charge in [-0.05, 0) is 25.5 Å². The maximum Gasteiger partial charge on any atom is 0.332 e. The Bertz CT molecular complexity index is 1390. The van der Waals surface area contributed by atoms with Crippen molar-refractivity contribution >= 4 is 16.9 Å². The summed E-state index contributed by atoms with van der Waals surface area (Å²) in [4.78, 5) is 42.0. The summed E-state index contributed by atoms with van der Waals surface area (Å²) in [6.07, 6.45) is 1.44. The Labute approximate surface area is 172 Å². The summed E-state index contributed by atoms with van der Waals surface area (Å²) in [5, 5.41) is 0. The van der Waals surface area contributed by atoms with Crippen molar-refractivity contribution in [3.8, 4) is 0 Å². The van der Waals surface area contributed by atoms with Crippen LogP contribution in [0.15, 0.2) is 52.3 Å². The van der Waals surface area contributed by atoms with Crippen molar-refractivity contribution in [1.29, 1.82) is 0 Å². The minimum absolute atomic E-state index is 0.0282. The van der Waals surface area contributed by atoms with E-state index in [9.17, 15) is 14.4 Å². The van der Waals surface area contributed by atoms with Crippen molar-refractivity contribution in [1.82, 2.24) is 23.3 Å². The summed E-state index contributed by atoms with van der Waals surface area (Å²) in [7, 11) is 2.97. The van der Waals surface area contributed by atoms with Gasteiger partial charge in [0.2, 0.25) is 0 Å². The van der Waals surface area contributed by atoms with Crippen LogP contribution in [0.5, 0.6) is 0 Å². The van der Waals surface area contributed by atoms with Crippen LogP contribution in [0, 0.1) is 13.8 Å². The van der Waals surface area contributed by atoms with Crippen molar-refractivity contribution in [2.75, 3.05) is 0 Å².